The second-order valence-corrected chi connectivity index (χ2v) is 11.2. The van der Waals surface area contributed by atoms with Crippen LogP contribution in [-0.4, -0.2) is 13.2 Å². The van der Waals surface area contributed by atoms with Gasteiger partial charge in [-0.1, -0.05) is 42.5 Å². The van der Waals surface area contributed by atoms with Crippen molar-refractivity contribution in [2.24, 2.45) is 0 Å². The van der Waals surface area contributed by atoms with Crippen LogP contribution >= 0.6 is 18.2 Å². The Morgan fingerprint density at radius 2 is 1.36 bits per heavy atom. The second kappa shape index (κ2) is 9.82. The van der Waals surface area contributed by atoms with Crippen molar-refractivity contribution in [2.75, 3.05) is 13.2 Å². The number of fused-ring (bicyclic) bond motifs is 1. The zero-order valence-electron chi connectivity index (χ0n) is 18.2. The average Bonchev–Trinajstić information content (AvgIpc) is 2.80. The van der Waals surface area contributed by atoms with Gasteiger partial charge in [0.15, 0.2) is 5.60 Å². The molecule has 0 N–H and O–H groups in total. The van der Waals surface area contributed by atoms with Crippen LogP contribution < -0.4 is 4.74 Å². The Kier molecular flexibility index (Phi) is 7.05. The fraction of sp³-hybridized carbons (Fsp3) is 0.200. The van der Waals surface area contributed by atoms with Crippen LogP contribution in [0.25, 0.3) is 4.91 Å². The SMILES string of the molecule is CCOP(=O)(OCC)SC1=CC(c2ccc(F)cc2)(c2ccc(F)cc2)Oc2ccccc21. The van der Waals surface area contributed by atoms with Crippen molar-refractivity contribution in [3.8, 4) is 5.75 Å². The summed E-state index contributed by atoms with van der Waals surface area (Å²) in [7, 11) is 0. The van der Waals surface area contributed by atoms with Crippen LogP contribution in [0.2, 0.25) is 0 Å². The maximum absolute atomic E-state index is 13.8. The van der Waals surface area contributed by atoms with Crippen LogP contribution in [0.3, 0.4) is 0 Å². The van der Waals surface area contributed by atoms with E-state index >= 15 is 0 Å². The lowest BCUT2D eigenvalue weighted by Gasteiger charge is -2.38. The van der Waals surface area contributed by atoms with Gasteiger partial charge in [-0.2, -0.15) is 0 Å². The van der Waals surface area contributed by atoms with Crippen molar-refractivity contribution >= 4 is 23.1 Å². The van der Waals surface area contributed by atoms with Crippen molar-refractivity contribution in [3.63, 3.8) is 0 Å². The summed E-state index contributed by atoms with van der Waals surface area (Å²) in [6.45, 7) is 0.412. The van der Waals surface area contributed by atoms with Gasteiger partial charge < -0.3 is 13.8 Å². The third kappa shape index (κ3) is 4.92. The van der Waals surface area contributed by atoms with Gasteiger partial charge in [0.1, 0.15) is 17.4 Å². The number of ether oxygens (including phenoxy) is 1. The van der Waals surface area contributed by atoms with Crippen molar-refractivity contribution in [3.05, 3.63) is 107 Å². The molecule has 3 aromatic carbocycles. The normalized spacial score (nSPS) is 14.8. The number of hydrogen-bond acceptors (Lipinski definition) is 5. The maximum Gasteiger partial charge on any atom is 0.393 e. The predicted octanol–water partition coefficient (Wildman–Crippen LogP) is 7.56. The Balaban J connectivity index is 1.94. The highest BCUT2D eigenvalue weighted by atomic mass is 32.7. The quantitative estimate of drug-likeness (QED) is 0.306. The number of para-hydroxylation sites is 1. The van der Waals surface area contributed by atoms with Crippen molar-refractivity contribution in [1.29, 1.82) is 0 Å². The Morgan fingerprint density at radius 1 is 0.848 bits per heavy atom. The van der Waals surface area contributed by atoms with Crippen LogP contribution in [0.5, 0.6) is 5.75 Å². The molecular formula is C25H23F2O4PS. The van der Waals surface area contributed by atoms with Crippen molar-refractivity contribution in [2.45, 2.75) is 19.4 Å². The van der Waals surface area contributed by atoms with Crippen molar-refractivity contribution < 1.29 is 27.1 Å². The van der Waals surface area contributed by atoms with Gasteiger partial charge in [0.25, 0.3) is 0 Å². The number of halogens is 2. The molecular weight excluding hydrogens is 465 g/mol. The highest BCUT2D eigenvalue weighted by Crippen LogP contribution is 2.67. The summed E-state index contributed by atoms with van der Waals surface area (Å²) < 4.78 is 58.5. The molecule has 1 heterocycles. The topological polar surface area (TPSA) is 44.8 Å². The van der Waals surface area contributed by atoms with Gasteiger partial charge in [0.05, 0.1) is 13.2 Å². The van der Waals surface area contributed by atoms with Gasteiger partial charge in [-0.05, 0) is 61.6 Å². The molecule has 0 bridgehead atoms. The Labute approximate surface area is 195 Å². The highest BCUT2D eigenvalue weighted by molar-refractivity contribution is 8.59. The van der Waals surface area contributed by atoms with Crippen LogP contribution in [0, 0.1) is 11.6 Å². The lowest BCUT2D eigenvalue weighted by Crippen LogP contribution is -2.35. The van der Waals surface area contributed by atoms with Gasteiger partial charge in [-0.3, -0.25) is 0 Å². The van der Waals surface area contributed by atoms with E-state index in [9.17, 15) is 13.3 Å². The monoisotopic (exact) mass is 488 g/mol. The molecule has 0 radical (unpaired) electrons. The van der Waals surface area contributed by atoms with Gasteiger partial charge in [-0.15, -0.1) is 0 Å². The van der Waals surface area contributed by atoms with Gasteiger partial charge in [-0.25, -0.2) is 13.3 Å². The van der Waals surface area contributed by atoms with E-state index in [1.54, 1.807) is 44.2 Å². The number of hydrogen-bond donors (Lipinski definition) is 0. The lowest BCUT2D eigenvalue weighted by atomic mass is 9.83. The first-order valence-corrected chi connectivity index (χ1v) is 13.5. The van der Waals surface area contributed by atoms with Crippen LogP contribution in [-0.2, 0) is 19.2 Å². The number of benzene rings is 3. The van der Waals surface area contributed by atoms with E-state index in [4.69, 9.17) is 13.8 Å². The summed E-state index contributed by atoms with van der Waals surface area (Å²) in [4.78, 5) is 0.621. The summed E-state index contributed by atoms with van der Waals surface area (Å²) in [5.41, 5.74) is 0.764. The third-order valence-corrected chi connectivity index (χ3v) is 8.89. The molecule has 0 saturated carbocycles. The van der Waals surface area contributed by atoms with Gasteiger partial charge in [0.2, 0.25) is 0 Å². The Morgan fingerprint density at radius 3 is 1.88 bits per heavy atom. The van der Waals surface area contributed by atoms with Crippen molar-refractivity contribution in [1.82, 2.24) is 0 Å². The molecule has 0 aromatic heterocycles. The Bertz CT molecular complexity index is 1140. The molecule has 0 fully saturated rings. The van der Waals surface area contributed by atoms with E-state index in [0.717, 1.165) is 16.9 Å². The first-order chi connectivity index (χ1) is 15.9. The fourth-order valence-corrected chi connectivity index (χ4v) is 7.34. The molecule has 33 heavy (non-hydrogen) atoms. The van der Waals surface area contributed by atoms with E-state index < -0.39 is 12.4 Å². The molecule has 0 aliphatic carbocycles. The summed E-state index contributed by atoms with van der Waals surface area (Å²) in [5, 5.41) is 0. The summed E-state index contributed by atoms with van der Waals surface area (Å²) >= 11 is 1.00. The summed E-state index contributed by atoms with van der Waals surface area (Å²) in [6.07, 6.45) is 1.81. The smallest absolute Gasteiger partial charge is 0.393 e. The van der Waals surface area contributed by atoms with E-state index in [-0.39, 0.29) is 24.8 Å². The van der Waals surface area contributed by atoms with E-state index in [1.165, 1.54) is 24.3 Å². The largest absolute Gasteiger partial charge is 0.473 e. The minimum atomic E-state index is -3.53. The average molecular weight is 488 g/mol. The molecule has 0 spiro atoms. The minimum absolute atomic E-state index is 0.219. The zero-order valence-corrected chi connectivity index (χ0v) is 19.9. The van der Waals surface area contributed by atoms with E-state index in [0.29, 0.717) is 21.8 Å². The van der Waals surface area contributed by atoms with Crippen LogP contribution in [0.15, 0.2) is 78.9 Å². The lowest BCUT2D eigenvalue weighted by molar-refractivity contribution is 0.160. The summed E-state index contributed by atoms with van der Waals surface area (Å²) in [6, 6.07) is 19.2. The number of rotatable bonds is 8. The molecule has 172 valence electrons. The minimum Gasteiger partial charge on any atom is -0.473 e. The molecule has 0 unspecified atom stereocenters. The third-order valence-electron chi connectivity index (χ3n) is 5.09. The molecule has 1 aliphatic rings. The summed E-state index contributed by atoms with van der Waals surface area (Å²) in [5.74, 6) is -0.240. The van der Waals surface area contributed by atoms with E-state index in [2.05, 4.69) is 0 Å². The van der Waals surface area contributed by atoms with Crippen LogP contribution in [0.4, 0.5) is 8.78 Å². The second-order valence-electron chi connectivity index (χ2n) is 7.23. The fourth-order valence-electron chi connectivity index (χ4n) is 3.67. The highest BCUT2D eigenvalue weighted by Gasteiger charge is 2.41. The maximum atomic E-state index is 13.8. The molecule has 0 saturated heterocycles. The molecule has 0 atom stereocenters. The molecule has 4 rings (SSSR count). The first-order valence-electron chi connectivity index (χ1n) is 10.5. The zero-order chi connectivity index (χ0) is 23.5. The Hall–Kier alpha value is -2.44. The van der Waals surface area contributed by atoms with E-state index in [1.807, 2.05) is 24.3 Å². The van der Waals surface area contributed by atoms with Gasteiger partial charge in [0, 0.05) is 21.6 Å². The predicted molar refractivity (Wildman–Crippen MR) is 127 cm³/mol. The molecule has 4 nitrogen and oxygen atoms in total. The standard InChI is InChI=1S/C25H23F2O4PS/c1-3-29-32(28,30-4-2)33-24-17-25(18-9-13-20(26)14-10-18,19-11-15-21(27)16-12-19)31-23-8-6-5-7-22(23)24/h5-17H,3-4H2,1-2H3. The first kappa shape index (κ1) is 23.7. The van der Waals surface area contributed by atoms with Gasteiger partial charge >= 0.3 is 6.80 Å². The molecule has 3 aromatic rings. The molecule has 0 amide bonds. The van der Waals surface area contributed by atoms with Crippen LogP contribution in [0.1, 0.15) is 30.5 Å². The molecule has 8 heteroatoms. The molecule has 1 aliphatic heterocycles.